The van der Waals surface area contributed by atoms with E-state index in [0.717, 1.165) is 45.7 Å². The summed E-state index contributed by atoms with van der Waals surface area (Å²) in [4.78, 5) is 5.20. The second kappa shape index (κ2) is 9.33. The van der Waals surface area contributed by atoms with Gasteiger partial charge < -0.3 is 4.74 Å². The molecule has 0 saturated carbocycles. The molecule has 2 aromatic heterocycles. The fourth-order valence-corrected chi connectivity index (χ4v) is 8.91. The van der Waals surface area contributed by atoms with Crippen molar-refractivity contribution in [3.05, 3.63) is 166 Å². The first-order chi connectivity index (χ1) is 23.7. The summed E-state index contributed by atoms with van der Waals surface area (Å²) < 4.78 is 9.18. The fourth-order valence-electron chi connectivity index (χ4n) is 8.91. The van der Waals surface area contributed by atoms with Gasteiger partial charge in [-0.25, -0.2) is 4.98 Å². The Morgan fingerprint density at radius 2 is 1.31 bits per heavy atom. The average Bonchev–Trinajstić information content (AvgIpc) is 3.67. The van der Waals surface area contributed by atoms with E-state index in [1.54, 1.807) is 0 Å². The van der Waals surface area contributed by atoms with E-state index in [4.69, 9.17) is 9.72 Å². The monoisotopic (exact) mass is 614 g/mol. The summed E-state index contributed by atoms with van der Waals surface area (Å²) in [5, 5.41) is 4.97. The third kappa shape index (κ3) is 3.26. The van der Waals surface area contributed by atoms with Crippen LogP contribution in [-0.2, 0) is 5.41 Å². The number of rotatable bonds is 1. The van der Waals surface area contributed by atoms with Gasteiger partial charge >= 0.3 is 0 Å². The average molecular weight is 615 g/mol. The Labute approximate surface area is 277 Å². The van der Waals surface area contributed by atoms with Crippen molar-refractivity contribution < 1.29 is 4.74 Å². The number of nitrogens with zero attached hydrogens (tertiary/aromatic N) is 2. The molecule has 3 nitrogen and oxygen atoms in total. The van der Waals surface area contributed by atoms with Gasteiger partial charge in [0.2, 0.25) is 0 Å². The van der Waals surface area contributed by atoms with Crippen molar-refractivity contribution in [3.8, 4) is 33.8 Å². The van der Waals surface area contributed by atoms with Crippen LogP contribution in [-0.4, -0.2) is 9.38 Å². The summed E-state index contributed by atoms with van der Waals surface area (Å²) in [7, 11) is 0. The van der Waals surface area contributed by atoms with Crippen LogP contribution < -0.4 is 15.3 Å². The highest BCUT2D eigenvalue weighted by molar-refractivity contribution is 6.01. The smallest absolute Gasteiger partial charge is 0.146 e. The van der Waals surface area contributed by atoms with Gasteiger partial charge in [-0.3, -0.25) is 4.40 Å². The van der Waals surface area contributed by atoms with Gasteiger partial charge in [-0.05, 0) is 81.4 Å². The minimum absolute atomic E-state index is 0.454. The fraction of sp³-hybridized carbons (Fsp3) is 0.0889. The second-order valence-corrected chi connectivity index (χ2v) is 13.6. The van der Waals surface area contributed by atoms with Gasteiger partial charge in [0.15, 0.2) is 0 Å². The zero-order valence-corrected chi connectivity index (χ0v) is 26.4. The van der Waals surface area contributed by atoms with E-state index >= 15 is 0 Å². The summed E-state index contributed by atoms with van der Waals surface area (Å²) in [5.41, 5.74) is 12.6. The molecule has 1 aliphatic heterocycles. The van der Waals surface area contributed by atoms with E-state index in [-0.39, 0.29) is 0 Å². The summed E-state index contributed by atoms with van der Waals surface area (Å²) in [6.07, 6.45) is 5.87. The van der Waals surface area contributed by atoms with Gasteiger partial charge in [0.05, 0.1) is 21.8 Å². The van der Waals surface area contributed by atoms with Crippen molar-refractivity contribution in [1.29, 1.82) is 0 Å². The molecule has 2 aliphatic carbocycles. The van der Waals surface area contributed by atoms with Crippen LogP contribution in [0.2, 0.25) is 0 Å². The number of aromatic nitrogens is 2. The first-order valence-corrected chi connectivity index (χ1v) is 16.9. The summed E-state index contributed by atoms with van der Waals surface area (Å²) in [6.45, 7) is 2.29. The van der Waals surface area contributed by atoms with E-state index in [0.29, 0.717) is 5.92 Å². The molecule has 1 spiro atoms. The van der Waals surface area contributed by atoms with Gasteiger partial charge in [0, 0.05) is 21.7 Å². The lowest BCUT2D eigenvalue weighted by molar-refractivity contribution is 0.436. The van der Waals surface area contributed by atoms with E-state index in [1.807, 2.05) is 0 Å². The number of pyridine rings is 1. The highest BCUT2D eigenvalue weighted by atomic mass is 16.5. The summed E-state index contributed by atoms with van der Waals surface area (Å²) in [6, 6.07) is 48.5. The van der Waals surface area contributed by atoms with Crippen molar-refractivity contribution in [2.24, 2.45) is 5.92 Å². The Bertz CT molecular complexity index is 2780. The van der Waals surface area contributed by atoms with Crippen molar-refractivity contribution in [1.82, 2.24) is 9.38 Å². The number of imidazole rings is 1. The second-order valence-electron chi connectivity index (χ2n) is 13.6. The highest BCUT2D eigenvalue weighted by Crippen LogP contribution is 2.62. The number of ether oxygens (including phenoxy) is 1. The molecule has 0 saturated heterocycles. The normalized spacial score (nSPS) is 16.4. The van der Waals surface area contributed by atoms with Crippen molar-refractivity contribution in [2.75, 3.05) is 0 Å². The molecule has 0 amide bonds. The SMILES string of the molecule is CC1C=c2c(c3ccc(-c4ccc5c(c4)Oc4ccccc4C54c5ccccc5-c5ccccc54)cc3c3nc4ccccc4n23)=CC1. The van der Waals surface area contributed by atoms with Crippen molar-refractivity contribution in [2.45, 2.75) is 18.8 Å². The van der Waals surface area contributed by atoms with E-state index in [2.05, 4.69) is 157 Å². The minimum atomic E-state index is -0.454. The van der Waals surface area contributed by atoms with Gasteiger partial charge in [-0.15, -0.1) is 0 Å². The zero-order valence-electron chi connectivity index (χ0n) is 26.4. The lowest BCUT2D eigenvalue weighted by Gasteiger charge is -2.39. The van der Waals surface area contributed by atoms with Crippen LogP contribution in [0.25, 0.3) is 61.9 Å². The highest BCUT2D eigenvalue weighted by Gasteiger charge is 2.50. The largest absolute Gasteiger partial charge is 0.457 e. The van der Waals surface area contributed by atoms with Gasteiger partial charge in [0.25, 0.3) is 0 Å². The molecule has 6 aromatic carbocycles. The maximum Gasteiger partial charge on any atom is 0.146 e. The van der Waals surface area contributed by atoms with Crippen molar-refractivity contribution >= 4 is 39.6 Å². The Hall–Kier alpha value is -5.93. The van der Waals surface area contributed by atoms with Gasteiger partial charge in [-0.2, -0.15) is 0 Å². The molecular formula is C45H30N2O. The molecule has 226 valence electrons. The van der Waals surface area contributed by atoms with E-state index in [1.165, 1.54) is 54.7 Å². The molecule has 3 heterocycles. The van der Waals surface area contributed by atoms with Crippen LogP contribution in [0.5, 0.6) is 11.5 Å². The van der Waals surface area contributed by atoms with Crippen molar-refractivity contribution in [3.63, 3.8) is 0 Å². The Morgan fingerprint density at radius 1 is 0.646 bits per heavy atom. The Balaban J connectivity index is 1.17. The van der Waals surface area contributed by atoms with Crippen LogP contribution >= 0.6 is 0 Å². The molecule has 3 heteroatoms. The predicted octanol–water partition coefficient (Wildman–Crippen LogP) is 9.38. The Kier molecular flexibility index (Phi) is 5.09. The molecule has 8 aromatic rings. The van der Waals surface area contributed by atoms with Gasteiger partial charge in [0.1, 0.15) is 17.1 Å². The predicted molar refractivity (Wildman–Crippen MR) is 195 cm³/mol. The van der Waals surface area contributed by atoms with Crippen LogP contribution in [0.4, 0.5) is 0 Å². The number of hydrogen-bond donors (Lipinski definition) is 0. The number of para-hydroxylation sites is 3. The molecular weight excluding hydrogens is 585 g/mol. The standard InChI is InChI=1S/C45H30N2O/c1-27-18-21-33-30-22-19-28(25-34(30)44-46-39-15-7-8-16-40(39)47(44)41(33)24-27)29-20-23-38-43(26-29)48-42-17-9-6-14-37(42)45(38)35-12-4-2-10-31(35)32-11-3-5-13-36(32)45/h2-17,19-27H,18H2,1H3. The van der Waals surface area contributed by atoms with Crippen LogP contribution in [0, 0.1) is 5.92 Å². The molecule has 1 unspecified atom stereocenters. The number of hydrogen-bond acceptors (Lipinski definition) is 2. The third-order valence-corrected chi connectivity index (χ3v) is 10.9. The van der Waals surface area contributed by atoms with Crippen LogP contribution in [0.15, 0.2) is 133 Å². The number of fused-ring (bicyclic) bond motifs is 17. The first-order valence-electron chi connectivity index (χ1n) is 16.9. The quantitative estimate of drug-likeness (QED) is 0.184. The molecule has 0 N–H and O–H groups in total. The molecule has 0 fully saturated rings. The summed E-state index contributed by atoms with van der Waals surface area (Å²) in [5.74, 6) is 2.30. The molecule has 3 aliphatic rings. The molecule has 0 radical (unpaired) electrons. The Morgan fingerprint density at radius 3 is 2.15 bits per heavy atom. The minimum Gasteiger partial charge on any atom is -0.457 e. The van der Waals surface area contributed by atoms with E-state index in [9.17, 15) is 0 Å². The summed E-state index contributed by atoms with van der Waals surface area (Å²) >= 11 is 0. The van der Waals surface area contributed by atoms with Crippen LogP contribution in [0.1, 0.15) is 35.6 Å². The topological polar surface area (TPSA) is 26.5 Å². The number of benzene rings is 6. The maximum atomic E-state index is 6.81. The maximum absolute atomic E-state index is 6.81. The van der Waals surface area contributed by atoms with Crippen LogP contribution in [0.3, 0.4) is 0 Å². The molecule has 11 rings (SSSR count). The third-order valence-electron chi connectivity index (χ3n) is 10.9. The lowest BCUT2D eigenvalue weighted by atomic mass is 9.66. The van der Waals surface area contributed by atoms with Gasteiger partial charge in [-0.1, -0.05) is 122 Å². The van der Waals surface area contributed by atoms with E-state index < -0.39 is 5.41 Å². The molecule has 1 atom stereocenters. The molecule has 48 heavy (non-hydrogen) atoms. The first kappa shape index (κ1) is 26.2. The lowest BCUT2D eigenvalue weighted by Crippen LogP contribution is -2.35. The molecule has 0 bridgehead atoms. The zero-order chi connectivity index (χ0) is 31.6.